The summed E-state index contributed by atoms with van der Waals surface area (Å²) in [6, 6.07) is 8.12. The van der Waals surface area contributed by atoms with Crippen LogP contribution < -0.4 is 4.90 Å². The molecule has 0 aromatic heterocycles. The number of nitrogens with zero attached hydrogens (tertiary/aromatic N) is 2. The van der Waals surface area contributed by atoms with E-state index in [4.69, 9.17) is 0 Å². The van der Waals surface area contributed by atoms with E-state index in [1.165, 1.54) is 6.08 Å². The van der Waals surface area contributed by atoms with Gasteiger partial charge in [0.25, 0.3) is 0 Å². The van der Waals surface area contributed by atoms with Gasteiger partial charge in [-0.1, -0.05) is 36.4 Å². The van der Waals surface area contributed by atoms with Crippen LogP contribution in [0.2, 0.25) is 0 Å². The predicted octanol–water partition coefficient (Wildman–Crippen LogP) is 3.11. The van der Waals surface area contributed by atoms with Gasteiger partial charge in [0.2, 0.25) is 6.20 Å². The summed E-state index contributed by atoms with van der Waals surface area (Å²) in [5.41, 5.74) is 2.24. The van der Waals surface area contributed by atoms with Gasteiger partial charge in [-0.25, -0.2) is 0 Å². The molecule has 0 atom stereocenters. The fraction of sp³-hybridized carbons (Fsp3) is 0.143. The van der Waals surface area contributed by atoms with Crippen molar-refractivity contribution in [3.8, 4) is 0 Å². The fourth-order valence-electron chi connectivity index (χ4n) is 1.30. The summed E-state index contributed by atoms with van der Waals surface area (Å²) in [7, 11) is 3.99. The smallest absolute Gasteiger partial charge is 0.234 e. The van der Waals surface area contributed by atoms with Crippen molar-refractivity contribution in [1.82, 2.24) is 0 Å². The van der Waals surface area contributed by atoms with Gasteiger partial charge in [-0.15, -0.1) is 0 Å². The van der Waals surface area contributed by atoms with Crippen LogP contribution in [0.4, 0.5) is 5.69 Å². The number of hydrogen-bond donors (Lipinski definition) is 0. The van der Waals surface area contributed by atoms with Crippen LogP contribution in [0.3, 0.4) is 0 Å². The highest BCUT2D eigenvalue weighted by Gasteiger charge is 1.92. The summed E-state index contributed by atoms with van der Waals surface area (Å²) >= 11 is 0. The molecule has 0 aliphatic carbocycles. The van der Waals surface area contributed by atoms with E-state index >= 15 is 0 Å². The number of benzene rings is 1. The van der Waals surface area contributed by atoms with Crippen molar-refractivity contribution in [2.45, 2.75) is 0 Å². The Morgan fingerprint density at radius 1 is 1.06 bits per heavy atom. The molecular formula is C14H16N2O2. The zero-order valence-electron chi connectivity index (χ0n) is 10.5. The maximum atomic E-state index is 10.0. The molecule has 0 spiro atoms. The highest BCUT2D eigenvalue weighted by atomic mass is 16.6. The number of rotatable bonds is 5. The summed E-state index contributed by atoms with van der Waals surface area (Å²) in [6.07, 6.45) is 9.44. The van der Waals surface area contributed by atoms with Gasteiger partial charge in [-0.3, -0.25) is 10.1 Å². The quantitative estimate of drug-likeness (QED) is 0.454. The van der Waals surface area contributed by atoms with Crippen molar-refractivity contribution < 1.29 is 4.92 Å². The minimum absolute atomic E-state index is 0.492. The van der Waals surface area contributed by atoms with Crippen molar-refractivity contribution in [3.05, 3.63) is 70.4 Å². The van der Waals surface area contributed by atoms with Crippen molar-refractivity contribution in [2.75, 3.05) is 19.0 Å². The second-order valence-corrected chi connectivity index (χ2v) is 3.86. The molecule has 0 amide bonds. The van der Waals surface area contributed by atoms with Crippen molar-refractivity contribution in [1.29, 1.82) is 0 Å². The molecule has 94 valence electrons. The second kappa shape index (κ2) is 7.06. The standard InChI is InChI=1S/C14H16N2O2/c1-15(2)14-10-8-13(9-11-14)7-5-3-4-6-12-16(17)18/h3-12H,1-2H3/b4-3+,7-5+,12-6+. The first-order chi connectivity index (χ1) is 8.59. The minimum atomic E-state index is -0.492. The molecule has 0 radical (unpaired) electrons. The lowest BCUT2D eigenvalue weighted by Crippen LogP contribution is -2.07. The Labute approximate surface area is 107 Å². The van der Waals surface area contributed by atoms with E-state index in [1.807, 2.05) is 55.4 Å². The summed E-state index contributed by atoms with van der Waals surface area (Å²) in [4.78, 5) is 11.5. The van der Waals surface area contributed by atoms with E-state index in [0.717, 1.165) is 17.5 Å². The molecular weight excluding hydrogens is 228 g/mol. The predicted molar refractivity (Wildman–Crippen MR) is 75.1 cm³/mol. The maximum Gasteiger partial charge on any atom is 0.234 e. The van der Waals surface area contributed by atoms with Crippen molar-refractivity contribution >= 4 is 11.8 Å². The maximum absolute atomic E-state index is 10.0. The van der Waals surface area contributed by atoms with Crippen LogP contribution in [0.15, 0.2) is 54.8 Å². The summed E-state index contributed by atoms with van der Waals surface area (Å²) in [5.74, 6) is 0. The summed E-state index contributed by atoms with van der Waals surface area (Å²) < 4.78 is 0. The molecule has 0 aliphatic rings. The van der Waals surface area contributed by atoms with Crippen LogP contribution in [0, 0.1) is 10.1 Å². The molecule has 4 nitrogen and oxygen atoms in total. The lowest BCUT2D eigenvalue weighted by atomic mass is 10.2. The first-order valence-corrected chi connectivity index (χ1v) is 5.52. The van der Waals surface area contributed by atoms with Crippen LogP contribution in [-0.4, -0.2) is 19.0 Å². The van der Waals surface area contributed by atoms with Gasteiger partial charge < -0.3 is 4.90 Å². The molecule has 0 fully saturated rings. The van der Waals surface area contributed by atoms with Crippen molar-refractivity contribution in [3.63, 3.8) is 0 Å². The second-order valence-electron chi connectivity index (χ2n) is 3.86. The molecule has 0 aliphatic heterocycles. The fourth-order valence-corrected chi connectivity index (χ4v) is 1.30. The van der Waals surface area contributed by atoms with Gasteiger partial charge in [0, 0.05) is 25.9 Å². The van der Waals surface area contributed by atoms with E-state index < -0.39 is 4.92 Å². The highest BCUT2D eigenvalue weighted by Crippen LogP contribution is 2.12. The first kappa shape index (κ1) is 13.7. The van der Waals surface area contributed by atoms with E-state index in [-0.39, 0.29) is 0 Å². The SMILES string of the molecule is CN(C)c1ccc(/C=C/C=C/C=C/[N+](=O)[O-])cc1. The first-order valence-electron chi connectivity index (χ1n) is 5.52. The van der Waals surface area contributed by atoms with Gasteiger partial charge in [0.1, 0.15) is 0 Å². The Morgan fingerprint density at radius 3 is 2.22 bits per heavy atom. The largest absolute Gasteiger partial charge is 0.378 e. The Balaban J connectivity index is 2.54. The average Bonchev–Trinajstić information content (AvgIpc) is 2.34. The molecule has 0 heterocycles. The monoisotopic (exact) mass is 244 g/mol. The molecule has 1 rings (SSSR count). The molecule has 1 aromatic carbocycles. The van der Waals surface area contributed by atoms with Crippen LogP contribution >= 0.6 is 0 Å². The van der Waals surface area contributed by atoms with Gasteiger partial charge >= 0.3 is 0 Å². The lowest BCUT2D eigenvalue weighted by Gasteiger charge is -2.11. The number of allylic oxidation sites excluding steroid dienone is 4. The topological polar surface area (TPSA) is 46.4 Å². The molecule has 0 saturated heterocycles. The number of nitro groups is 1. The minimum Gasteiger partial charge on any atom is -0.378 e. The van der Waals surface area contributed by atoms with Gasteiger partial charge in [0.15, 0.2) is 0 Å². The van der Waals surface area contributed by atoms with E-state index in [1.54, 1.807) is 12.2 Å². The van der Waals surface area contributed by atoms with E-state index in [0.29, 0.717) is 0 Å². The Kier molecular flexibility index (Phi) is 5.38. The molecule has 0 saturated carbocycles. The third kappa shape index (κ3) is 5.12. The van der Waals surface area contributed by atoms with Crippen LogP contribution in [-0.2, 0) is 0 Å². The van der Waals surface area contributed by atoms with Crippen LogP contribution in [0.1, 0.15) is 5.56 Å². The zero-order chi connectivity index (χ0) is 13.4. The Morgan fingerprint density at radius 2 is 1.67 bits per heavy atom. The van der Waals surface area contributed by atoms with Gasteiger partial charge in [-0.2, -0.15) is 0 Å². The lowest BCUT2D eigenvalue weighted by molar-refractivity contribution is -0.402. The zero-order valence-corrected chi connectivity index (χ0v) is 10.5. The average molecular weight is 244 g/mol. The molecule has 4 heteroatoms. The molecule has 0 N–H and O–H groups in total. The van der Waals surface area contributed by atoms with Gasteiger partial charge in [0.05, 0.1) is 4.92 Å². The Hall–Kier alpha value is -2.36. The van der Waals surface area contributed by atoms with Crippen molar-refractivity contribution in [2.24, 2.45) is 0 Å². The molecule has 1 aromatic rings. The van der Waals surface area contributed by atoms with E-state index in [2.05, 4.69) is 0 Å². The van der Waals surface area contributed by atoms with Gasteiger partial charge in [-0.05, 0) is 17.7 Å². The summed E-state index contributed by atoms with van der Waals surface area (Å²) in [6.45, 7) is 0. The normalized spacial score (nSPS) is 11.7. The van der Waals surface area contributed by atoms with Crippen LogP contribution in [0.25, 0.3) is 6.08 Å². The highest BCUT2D eigenvalue weighted by molar-refractivity contribution is 5.56. The molecule has 0 bridgehead atoms. The number of anilines is 1. The third-order valence-corrected chi connectivity index (χ3v) is 2.24. The molecule has 0 unspecified atom stereocenters. The van der Waals surface area contributed by atoms with Crippen LogP contribution in [0.5, 0.6) is 0 Å². The molecule has 18 heavy (non-hydrogen) atoms. The summed E-state index contributed by atoms with van der Waals surface area (Å²) in [5, 5.41) is 10.0. The van der Waals surface area contributed by atoms with E-state index in [9.17, 15) is 10.1 Å². The third-order valence-electron chi connectivity index (χ3n) is 2.24. The number of hydrogen-bond acceptors (Lipinski definition) is 3. The Bertz CT molecular complexity index is 471.